The lowest BCUT2D eigenvalue weighted by atomic mass is 9.93. The number of aryl methyl sites for hydroxylation is 3. The van der Waals surface area contributed by atoms with E-state index in [1.165, 1.54) is 32.7 Å². The van der Waals surface area contributed by atoms with Crippen LogP contribution in [0.4, 0.5) is 5.69 Å². The van der Waals surface area contributed by atoms with Crippen LogP contribution in [0.3, 0.4) is 0 Å². The van der Waals surface area contributed by atoms with E-state index in [1.54, 1.807) is 0 Å². The van der Waals surface area contributed by atoms with Crippen molar-refractivity contribution in [3.8, 4) is 39.7 Å². The van der Waals surface area contributed by atoms with Gasteiger partial charge in [-0.15, -0.1) is 0 Å². The van der Waals surface area contributed by atoms with Crippen molar-refractivity contribution >= 4 is 49.3 Å². The number of hydrogen-bond donors (Lipinski definition) is 0. The number of fused-ring (bicyclic) bond motifs is 6. The van der Waals surface area contributed by atoms with Crippen LogP contribution in [0, 0.1) is 38.7 Å². The van der Waals surface area contributed by atoms with Gasteiger partial charge < -0.3 is 9.13 Å². The maximum atomic E-state index is 9.57. The van der Waals surface area contributed by atoms with Crippen molar-refractivity contribution in [2.75, 3.05) is 0 Å². The maximum Gasteiger partial charge on any atom is 0.195 e. The lowest BCUT2D eigenvalue weighted by Gasteiger charge is -2.19. The van der Waals surface area contributed by atoms with Gasteiger partial charge in [0.1, 0.15) is 0 Å². The smallest absolute Gasteiger partial charge is 0.195 e. The fourth-order valence-electron chi connectivity index (χ4n) is 7.86. The largest absolute Gasteiger partial charge is 0.309 e. The van der Waals surface area contributed by atoms with Crippen LogP contribution in [0.2, 0.25) is 0 Å². The molecule has 0 N–H and O–H groups in total. The minimum Gasteiger partial charge on any atom is -0.309 e. The molecule has 0 radical (unpaired) electrons. The third kappa shape index (κ3) is 4.73. The average Bonchev–Trinajstić information content (AvgIpc) is 3.66. The number of aromatic nitrogens is 2. The molecule has 7 aromatic carbocycles. The van der Waals surface area contributed by atoms with E-state index in [2.05, 4.69) is 149 Å². The molecular weight excluding hydrogens is 621 g/mol. The van der Waals surface area contributed by atoms with Gasteiger partial charge in [-0.25, -0.2) is 4.85 Å². The van der Waals surface area contributed by atoms with Gasteiger partial charge in [0, 0.05) is 27.2 Å². The molecule has 51 heavy (non-hydrogen) atoms. The first-order chi connectivity index (χ1) is 24.9. The zero-order chi connectivity index (χ0) is 34.8. The molecule has 0 spiro atoms. The predicted octanol–water partition coefficient (Wildman–Crippen LogP) is 12.6. The van der Waals surface area contributed by atoms with Crippen molar-refractivity contribution in [1.82, 2.24) is 9.13 Å². The Kier molecular flexibility index (Phi) is 6.88. The molecule has 9 aromatic rings. The molecule has 0 saturated heterocycles. The van der Waals surface area contributed by atoms with Crippen LogP contribution in [0.15, 0.2) is 140 Å². The van der Waals surface area contributed by atoms with Gasteiger partial charge in [0.25, 0.3) is 0 Å². The van der Waals surface area contributed by atoms with Gasteiger partial charge in [0.15, 0.2) is 5.69 Å². The molecule has 0 bridgehead atoms. The van der Waals surface area contributed by atoms with E-state index in [4.69, 9.17) is 6.57 Å². The van der Waals surface area contributed by atoms with E-state index in [0.717, 1.165) is 61.3 Å². The number of nitriles is 1. The second-order valence-corrected chi connectivity index (χ2v) is 13.4. The van der Waals surface area contributed by atoms with Crippen molar-refractivity contribution in [2.45, 2.75) is 20.8 Å². The molecule has 4 nitrogen and oxygen atoms in total. The topological polar surface area (TPSA) is 38.0 Å². The molecule has 9 rings (SSSR count). The van der Waals surface area contributed by atoms with Gasteiger partial charge in [0.05, 0.1) is 46.0 Å². The molecular formula is C47H32N4. The van der Waals surface area contributed by atoms with E-state index >= 15 is 0 Å². The molecule has 0 amide bonds. The van der Waals surface area contributed by atoms with Crippen molar-refractivity contribution in [3.63, 3.8) is 0 Å². The first-order valence-electron chi connectivity index (χ1n) is 17.1. The summed E-state index contributed by atoms with van der Waals surface area (Å²) in [6, 6.07) is 51.3. The zero-order valence-corrected chi connectivity index (χ0v) is 28.6. The normalized spacial score (nSPS) is 11.4. The maximum absolute atomic E-state index is 9.57. The Bertz CT molecular complexity index is 2980. The summed E-state index contributed by atoms with van der Waals surface area (Å²) in [7, 11) is 0. The zero-order valence-electron chi connectivity index (χ0n) is 28.6. The summed E-state index contributed by atoms with van der Waals surface area (Å²) in [5, 5.41) is 14.4. The second-order valence-electron chi connectivity index (χ2n) is 13.4. The molecule has 2 aromatic heterocycles. The summed E-state index contributed by atoms with van der Waals surface area (Å²) in [6.07, 6.45) is 0. The summed E-state index contributed by atoms with van der Waals surface area (Å²) in [6.45, 7) is 14.7. The molecule has 0 fully saturated rings. The van der Waals surface area contributed by atoms with Gasteiger partial charge in [-0.2, -0.15) is 5.26 Å². The quantitative estimate of drug-likeness (QED) is 0.174. The minimum absolute atomic E-state index is 0.585. The van der Waals surface area contributed by atoms with E-state index in [1.807, 2.05) is 31.2 Å². The fraction of sp³-hybridized carbons (Fsp3) is 0.0638. The number of rotatable bonds is 4. The van der Waals surface area contributed by atoms with E-state index < -0.39 is 0 Å². The van der Waals surface area contributed by atoms with Crippen molar-refractivity contribution in [2.24, 2.45) is 0 Å². The van der Waals surface area contributed by atoms with Crippen LogP contribution >= 0.6 is 0 Å². The number of hydrogen-bond acceptors (Lipinski definition) is 1. The number of benzene rings is 7. The summed E-state index contributed by atoms with van der Waals surface area (Å²) in [4.78, 5) is 4.10. The number of nitrogens with zero attached hydrogens (tertiary/aromatic N) is 4. The van der Waals surface area contributed by atoms with Gasteiger partial charge in [-0.05, 0) is 121 Å². The Morgan fingerprint density at radius 3 is 1.80 bits per heavy atom. The van der Waals surface area contributed by atoms with Crippen molar-refractivity contribution in [3.05, 3.63) is 173 Å². The Morgan fingerprint density at radius 1 is 0.529 bits per heavy atom. The third-order valence-electron chi connectivity index (χ3n) is 10.2. The highest BCUT2D eigenvalue weighted by atomic mass is 15.0. The van der Waals surface area contributed by atoms with E-state index in [-0.39, 0.29) is 0 Å². The Labute approximate surface area is 296 Å². The van der Waals surface area contributed by atoms with Crippen LogP contribution in [-0.4, -0.2) is 9.13 Å². The monoisotopic (exact) mass is 652 g/mol. The predicted molar refractivity (Wildman–Crippen MR) is 211 cm³/mol. The summed E-state index contributed by atoms with van der Waals surface area (Å²) in [5.74, 6) is 0. The Morgan fingerprint density at radius 2 is 1.16 bits per heavy atom. The summed E-state index contributed by atoms with van der Waals surface area (Å²) >= 11 is 0. The molecule has 0 saturated carbocycles. The standard InChI is InChI=1S/C47H32N4/c1-29-13-20-45-39(23-29)36-9-5-7-11-43(36)50(45)34-17-19-42(49-4)38(27-34)41-26-33(35-18-15-32(28-48)25-31(35)3)16-22-47(41)51-44-12-8-6-10-37(44)40-24-30(2)14-21-46(40)51/h5-27H,1-3H3. The Hall–Kier alpha value is -6.88. The van der Waals surface area contributed by atoms with E-state index in [9.17, 15) is 5.26 Å². The highest BCUT2D eigenvalue weighted by Crippen LogP contribution is 2.43. The molecule has 4 heteroatoms. The van der Waals surface area contributed by atoms with Crippen LogP contribution in [0.25, 0.3) is 82.1 Å². The highest BCUT2D eigenvalue weighted by Gasteiger charge is 2.20. The first kappa shape index (κ1) is 30.2. The summed E-state index contributed by atoms with van der Waals surface area (Å²) < 4.78 is 4.66. The molecule has 2 heterocycles. The highest BCUT2D eigenvalue weighted by molar-refractivity contribution is 6.11. The van der Waals surface area contributed by atoms with Crippen LogP contribution in [0.1, 0.15) is 22.3 Å². The van der Waals surface area contributed by atoms with Crippen molar-refractivity contribution < 1.29 is 0 Å². The third-order valence-corrected chi connectivity index (χ3v) is 10.2. The van der Waals surface area contributed by atoms with Gasteiger partial charge >= 0.3 is 0 Å². The average molecular weight is 653 g/mol. The number of para-hydroxylation sites is 2. The second kappa shape index (κ2) is 11.6. The summed E-state index contributed by atoms with van der Waals surface area (Å²) in [5.41, 5.74) is 15.1. The SMILES string of the molecule is [C-]#[N+]c1ccc(-n2c3ccccc3c3cc(C)ccc32)cc1-c1cc(-c2ccc(C#N)cc2C)ccc1-n1c2ccccc2c2cc(C)ccc21. The van der Waals surface area contributed by atoms with Crippen LogP contribution in [-0.2, 0) is 0 Å². The van der Waals surface area contributed by atoms with Gasteiger partial charge in [-0.1, -0.05) is 77.9 Å². The fourth-order valence-corrected chi connectivity index (χ4v) is 7.86. The van der Waals surface area contributed by atoms with Crippen LogP contribution < -0.4 is 0 Å². The first-order valence-corrected chi connectivity index (χ1v) is 17.1. The molecule has 240 valence electrons. The Balaban J connectivity index is 1.38. The lowest BCUT2D eigenvalue weighted by Crippen LogP contribution is -2.00. The lowest BCUT2D eigenvalue weighted by molar-refractivity contribution is 1.17. The van der Waals surface area contributed by atoms with Crippen LogP contribution in [0.5, 0.6) is 0 Å². The van der Waals surface area contributed by atoms with Crippen molar-refractivity contribution in [1.29, 1.82) is 5.26 Å². The molecule has 0 atom stereocenters. The molecule has 0 aliphatic heterocycles. The molecule has 0 aliphatic carbocycles. The molecule has 0 aliphatic rings. The van der Waals surface area contributed by atoms with E-state index in [0.29, 0.717) is 11.3 Å². The minimum atomic E-state index is 0.585. The van der Waals surface area contributed by atoms with Gasteiger partial charge in [-0.3, -0.25) is 0 Å². The molecule has 0 unspecified atom stereocenters. The van der Waals surface area contributed by atoms with Gasteiger partial charge in [0.2, 0.25) is 0 Å².